The fraction of sp³-hybridized carbons (Fsp3) is 0.571. The van der Waals surface area contributed by atoms with Gasteiger partial charge in [0, 0.05) is 12.2 Å². The molecular formula is C14H24N2. The second kappa shape index (κ2) is 8.17. The van der Waals surface area contributed by atoms with Crippen LogP contribution in [0.25, 0.3) is 0 Å². The van der Waals surface area contributed by atoms with Gasteiger partial charge in [-0.1, -0.05) is 31.5 Å². The number of para-hydroxylation sites is 1. The smallest absolute Gasteiger partial charge is 0.0340 e. The highest BCUT2D eigenvalue weighted by atomic mass is 14.9. The van der Waals surface area contributed by atoms with Crippen molar-refractivity contribution in [2.45, 2.75) is 32.6 Å². The normalized spacial score (nSPS) is 12.4. The van der Waals surface area contributed by atoms with E-state index in [1.807, 2.05) is 6.07 Å². The monoisotopic (exact) mass is 220 g/mol. The van der Waals surface area contributed by atoms with Crippen LogP contribution in [0.5, 0.6) is 0 Å². The topological polar surface area (TPSA) is 38.0 Å². The third kappa shape index (κ3) is 5.17. The predicted octanol–water partition coefficient (Wildman–Crippen LogP) is 3.25. The Labute approximate surface area is 99.2 Å². The Kier molecular flexibility index (Phi) is 6.66. The molecule has 2 nitrogen and oxygen atoms in total. The molecule has 0 saturated heterocycles. The van der Waals surface area contributed by atoms with Crippen LogP contribution in [0.3, 0.4) is 0 Å². The minimum Gasteiger partial charge on any atom is -0.385 e. The Morgan fingerprint density at radius 2 is 1.94 bits per heavy atom. The first-order valence-corrected chi connectivity index (χ1v) is 6.35. The van der Waals surface area contributed by atoms with Crippen molar-refractivity contribution in [1.82, 2.24) is 0 Å². The third-order valence-electron chi connectivity index (χ3n) is 3.04. The Balaban J connectivity index is 2.11. The summed E-state index contributed by atoms with van der Waals surface area (Å²) in [6, 6.07) is 10.4. The van der Waals surface area contributed by atoms with E-state index < -0.39 is 0 Å². The molecule has 0 spiro atoms. The van der Waals surface area contributed by atoms with Gasteiger partial charge in [-0.3, -0.25) is 0 Å². The van der Waals surface area contributed by atoms with Gasteiger partial charge in [0.15, 0.2) is 0 Å². The van der Waals surface area contributed by atoms with Gasteiger partial charge >= 0.3 is 0 Å². The molecule has 1 unspecified atom stereocenters. The lowest BCUT2D eigenvalue weighted by molar-refractivity contribution is 0.435. The summed E-state index contributed by atoms with van der Waals surface area (Å²) in [5.74, 6) is 0.808. The van der Waals surface area contributed by atoms with Crippen LogP contribution in [0, 0.1) is 5.92 Å². The standard InChI is InChI=1S/C14H24N2/c1-2-13(10-11-15)7-6-12-16-14-8-4-3-5-9-14/h3-5,8-9,13,16H,2,6-7,10-12,15H2,1H3. The first kappa shape index (κ1) is 13.0. The molecule has 2 heteroatoms. The number of benzene rings is 1. The molecule has 0 amide bonds. The Morgan fingerprint density at radius 3 is 2.56 bits per heavy atom. The Bertz CT molecular complexity index is 259. The molecule has 1 aromatic carbocycles. The van der Waals surface area contributed by atoms with Gasteiger partial charge in [0.1, 0.15) is 0 Å². The number of nitrogens with one attached hydrogen (secondary N) is 1. The summed E-state index contributed by atoms with van der Waals surface area (Å²) in [5, 5.41) is 3.43. The SMILES string of the molecule is CCC(CCN)CCCNc1ccccc1. The van der Waals surface area contributed by atoms with Crippen LogP contribution >= 0.6 is 0 Å². The maximum Gasteiger partial charge on any atom is 0.0340 e. The van der Waals surface area contributed by atoms with E-state index >= 15 is 0 Å². The summed E-state index contributed by atoms with van der Waals surface area (Å²) in [7, 11) is 0. The molecule has 0 saturated carbocycles. The number of hydrogen-bond donors (Lipinski definition) is 2. The lowest BCUT2D eigenvalue weighted by Crippen LogP contribution is -2.10. The van der Waals surface area contributed by atoms with Gasteiger partial charge in [0.25, 0.3) is 0 Å². The van der Waals surface area contributed by atoms with Crippen molar-refractivity contribution in [2.24, 2.45) is 11.7 Å². The van der Waals surface area contributed by atoms with Crippen molar-refractivity contribution in [3.63, 3.8) is 0 Å². The minimum absolute atomic E-state index is 0.808. The van der Waals surface area contributed by atoms with Crippen molar-refractivity contribution >= 4 is 5.69 Å². The van der Waals surface area contributed by atoms with E-state index in [2.05, 4.69) is 36.5 Å². The number of nitrogens with two attached hydrogens (primary N) is 1. The van der Waals surface area contributed by atoms with E-state index in [4.69, 9.17) is 5.73 Å². The van der Waals surface area contributed by atoms with Gasteiger partial charge in [-0.05, 0) is 43.9 Å². The average Bonchev–Trinajstić information content (AvgIpc) is 2.34. The summed E-state index contributed by atoms with van der Waals surface area (Å²) in [6.45, 7) is 4.14. The fourth-order valence-electron chi connectivity index (χ4n) is 1.97. The summed E-state index contributed by atoms with van der Waals surface area (Å²) in [6.07, 6.45) is 4.94. The number of anilines is 1. The van der Waals surface area contributed by atoms with Gasteiger partial charge in [-0.25, -0.2) is 0 Å². The average molecular weight is 220 g/mol. The second-order valence-corrected chi connectivity index (χ2v) is 4.29. The van der Waals surface area contributed by atoms with E-state index in [1.165, 1.54) is 31.4 Å². The molecule has 16 heavy (non-hydrogen) atoms. The molecule has 0 bridgehead atoms. The molecular weight excluding hydrogens is 196 g/mol. The van der Waals surface area contributed by atoms with Crippen molar-refractivity contribution in [1.29, 1.82) is 0 Å². The fourth-order valence-corrected chi connectivity index (χ4v) is 1.97. The van der Waals surface area contributed by atoms with E-state index in [0.717, 1.165) is 19.0 Å². The van der Waals surface area contributed by atoms with Gasteiger partial charge in [-0.15, -0.1) is 0 Å². The van der Waals surface area contributed by atoms with E-state index in [9.17, 15) is 0 Å². The highest BCUT2D eigenvalue weighted by Gasteiger charge is 2.04. The Morgan fingerprint density at radius 1 is 1.19 bits per heavy atom. The summed E-state index contributed by atoms with van der Waals surface area (Å²) >= 11 is 0. The molecule has 0 fully saturated rings. The van der Waals surface area contributed by atoms with Crippen LogP contribution in [0.4, 0.5) is 5.69 Å². The molecule has 0 heterocycles. The Hall–Kier alpha value is -1.02. The van der Waals surface area contributed by atoms with Gasteiger partial charge in [-0.2, -0.15) is 0 Å². The second-order valence-electron chi connectivity index (χ2n) is 4.29. The quantitative estimate of drug-likeness (QED) is 0.660. The third-order valence-corrected chi connectivity index (χ3v) is 3.04. The van der Waals surface area contributed by atoms with Crippen LogP contribution in [0.1, 0.15) is 32.6 Å². The van der Waals surface area contributed by atoms with Crippen LogP contribution < -0.4 is 11.1 Å². The maximum atomic E-state index is 5.58. The molecule has 90 valence electrons. The lowest BCUT2D eigenvalue weighted by atomic mass is 9.97. The molecule has 0 aromatic heterocycles. The summed E-state index contributed by atoms with van der Waals surface area (Å²) < 4.78 is 0. The molecule has 0 aliphatic carbocycles. The van der Waals surface area contributed by atoms with Crippen molar-refractivity contribution < 1.29 is 0 Å². The predicted molar refractivity (Wildman–Crippen MR) is 71.6 cm³/mol. The zero-order valence-corrected chi connectivity index (χ0v) is 10.3. The molecule has 0 aliphatic rings. The largest absolute Gasteiger partial charge is 0.385 e. The summed E-state index contributed by atoms with van der Waals surface area (Å²) in [5.41, 5.74) is 6.80. The summed E-state index contributed by atoms with van der Waals surface area (Å²) in [4.78, 5) is 0. The van der Waals surface area contributed by atoms with Crippen molar-refractivity contribution in [3.05, 3.63) is 30.3 Å². The first-order valence-electron chi connectivity index (χ1n) is 6.35. The highest BCUT2D eigenvalue weighted by Crippen LogP contribution is 2.14. The van der Waals surface area contributed by atoms with Crippen LogP contribution in [-0.2, 0) is 0 Å². The number of hydrogen-bond acceptors (Lipinski definition) is 2. The zero-order chi connectivity index (χ0) is 11.6. The van der Waals surface area contributed by atoms with Gasteiger partial charge < -0.3 is 11.1 Å². The van der Waals surface area contributed by atoms with E-state index in [-0.39, 0.29) is 0 Å². The van der Waals surface area contributed by atoms with Crippen molar-refractivity contribution in [2.75, 3.05) is 18.4 Å². The number of rotatable bonds is 8. The lowest BCUT2D eigenvalue weighted by Gasteiger charge is -2.13. The molecule has 1 atom stereocenters. The minimum atomic E-state index is 0.808. The van der Waals surface area contributed by atoms with E-state index in [0.29, 0.717) is 0 Å². The maximum absolute atomic E-state index is 5.58. The molecule has 1 rings (SSSR count). The van der Waals surface area contributed by atoms with Crippen LogP contribution in [0.15, 0.2) is 30.3 Å². The van der Waals surface area contributed by atoms with Crippen LogP contribution in [0.2, 0.25) is 0 Å². The molecule has 0 aliphatic heterocycles. The molecule has 1 aromatic rings. The zero-order valence-electron chi connectivity index (χ0n) is 10.3. The molecule has 0 radical (unpaired) electrons. The van der Waals surface area contributed by atoms with Crippen LogP contribution in [-0.4, -0.2) is 13.1 Å². The van der Waals surface area contributed by atoms with E-state index in [1.54, 1.807) is 0 Å². The van der Waals surface area contributed by atoms with Gasteiger partial charge in [0.2, 0.25) is 0 Å². The molecule has 3 N–H and O–H groups in total. The van der Waals surface area contributed by atoms with Crippen molar-refractivity contribution in [3.8, 4) is 0 Å². The highest BCUT2D eigenvalue weighted by molar-refractivity contribution is 5.42. The van der Waals surface area contributed by atoms with Gasteiger partial charge in [0.05, 0.1) is 0 Å². The first-order chi connectivity index (χ1) is 7.86.